The summed E-state index contributed by atoms with van der Waals surface area (Å²) in [7, 11) is 0. The minimum Gasteiger partial charge on any atom is -0.369 e. The van der Waals surface area contributed by atoms with Gasteiger partial charge in [-0.15, -0.1) is 0 Å². The third kappa shape index (κ3) is 4.42. The van der Waals surface area contributed by atoms with Crippen LogP contribution >= 0.6 is 0 Å². The summed E-state index contributed by atoms with van der Waals surface area (Å²) in [6.45, 7) is 1.79. The average Bonchev–Trinajstić information content (AvgIpc) is 2.82. The number of amides is 1. The van der Waals surface area contributed by atoms with Gasteiger partial charge in [-0.3, -0.25) is 4.79 Å². The molecule has 1 aliphatic heterocycles. The van der Waals surface area contributed by atoms with E-state index in [0.29, 0.717) is 31.3 Å². The zero-order valence-corrected chi connectivity index (χ0v) is 14.4. The van der Waals surface area contributed by atoms with Crippen LogP contribution in [-0.2, 0) is 11.0 Å². The summed E-state index contributed by atoms with van der Waals surface area (Å²) in [5.41, 5.74) is 0.250. The molecule has 1 aliphatic rings. The second-order valence-electron chi connectivity index (χ2n) is 6.38. The zero-order chi connectivity index (χ0) is 18.6. The maximum absolute atomic E-state index is 13.0. The van der Waals surface area contributed by atoms with Crippen LogP contribution in [0.4, 0.5) is 19.0 Å². The topological polar surface area (TPSA) is 58.1 Å². The Morgan fingerprint density at radius 3 is 2.73 bits per heavy atom. The highest BCUT2D eigenvalue weighted by atomic mass is 19.4. The number of nitrogens with zero attached hydrogens (tertiary/aromatic N) is 3. The molecule has 0 atom stereocenters. The van der Waals surface area contributed by atoms with Gasteiger partial charge in [0.2, 0.25) is 11.7 Å². The molecular weight excluding hydrogens is 345 g/mol. The highest BCUT2D eigenvalue weighted by Gasteiger charge is 2.35. The first-order valence-corrected chi connectivity index (χ1v) is 8.81. The van der Waals surface area contributed by atoms with E-state index in [1.807, 2.05) is 4.90 Å². The van der Waals surface area contributed by atoms with Crippen LogP contribution in [0.1, 0.15) is 37.9 Å². The van der Waals surface area contributed by atoms with Crippen LogP contribution < -0.4 is 5.32 Å². The Bertz CT molecular complexity index is 779. The molecule has 1 aromatic heterocycles. The lowest BCUT2D eigenvalue weighted by molar-refractivity contribution is -0.144. The molecule has 140 valence electrons. The van der Waals surface area contributed by atoms with Crippen molar-refractivity contribution in [3.05, 3.63) is 30.1 Å². The minimum atomic E-state index is -4.60. The summed E-state index contributed by atoms with van der Waals surface area (Å²) in [5, 5.41) is 3.53. The Morgan fingerprint density at radius 2 is 1.92 bits per heavy atom. The molecule has 0 radical (unpaired) electrons. The minimum absolute atomic E-state index is 0.161. The van der Waals surface area contributed by atoms with Crippen molar-refractivity contribution in [3.63, 3.8) is 0 Å². The normalized spacial score (nSPS) is 16.0. The number of hydrogen-bond donors (Lipinski definition) is 1. The van der Waals surface area contributed by atoms with Crippen LogP contribution in [0.25, 0.3) is 10.9 Å². The first kappa shape index (κ1) is 18.4. The van der Waals surface area contributed by atoms with E-state index in [0.717, 1.165) is 25.8 Å². The summed E-state index contributed by atoms with van der Waals surface area (Å²) in [6.07, 6.45) is -0.373. The molecule has 1 fully saturated rings. The number of halogens is 3. The number of anilines is 1. The van der Waals surface area contributed by atoms with E-state index in [9.17, 15) is 18.0 Å². The summed E-state index contributed by atoms with van der Waals surface area (Å²) >= 11 is 0. The average molecular weight is 366 g/mol. The molecule has 0 bridgehead atoms. The molecule has 2 aromatic rings. The van der Waals surface area contributed by atoms with E-state index >= 15 is 0 Å². The molecule has 26 heavy (non-hydrogen) atoms. The number of likely N-dealkylation sites (tertiary alicyclic amines) is 1. The van der Waals surface area contributed by atoms with Gasteiger partial charge in [-0.05, 0) is 31.4 Å². The van der Waals surface area contributed by atoms with Gasteiger partial charge in [0.15, 0.2) is 0 Å². The lowest BCUT2D eigenvalue weighted by Gasteiger charge is -2.20. The van der Waals surface area contributed by atoms with E-state index < -0.39 is 12.0 Å². The maximum atomic E-state index is 13.0. The SMILES string of the molecule is O=C1CCCCCN1CCCNc1nc(C(F)(F)F)nc2ccccc12. The molecule has 5 nitrogen and oxygen atoms in total. The summed E-state index contributed by atoms with van der Waals surface area (Å²) < 4.78 is 39.0. The third-order valence-electron chi connectivity index (χ3n) is 4.43. The Hall–Kier alpha value is -2.38. The van der Waals surface area contributed by atoms with Crippen molar-refractivity contribution in [1.29, 1.82) is 0 Å². The Morgan fingerprint density at radius 1 is 1.12 bits per heavy atom. The number of carbonyl (C=O) groups is 1. The number of hydrogen-bond acceptors (Lipinski definition) is 4. The van der Waals surface area contributed by atoms with Crippen LogP contribution in [-0.4, -0.2) is 40.4 Å². The van der Waals surface area contributed by atoms with E-state index in [-0.39, 0.29) is 17.2 Å². The molecule has 1 N–H and O–H groups in total. The molecule has 8 heteroatoms. The number of alkyl halides is 3. The number of rotatable bonds is 5. The second kappa shape index (κ2) is 7.88. The number of para-hydroxylation sites is 1. The van der Waals surface area contributed by atoms with Crippen LogP contribution in [0.5, 0.6) is 0 Å². The summed E-state index contributed by atoms with van der Waals surface area (Å²) in [4.78, 5) is 21.1. The Kier molecular flexibility index (Phi) is 5.58. The number of fused-ring (bicyclic) bond motifs is 1. The first-order valence-electron chi connectivity index (χ1n) is 8.81. The molecule has 2 heterocycles. The highest BCUT2D eigenvalue weighted by Crippen LogP contribution is 2.30. The van der Waals surface area contributed by atoms with Gasteiger partial charge < -0.3 is 10.2 Å². The quantitative estimate of drug-likeness (QED) is 0.817. The number of aromatic nitrogens is 2. The van der Waals surface area contributed by atoms with E-state index in [1.165, 1.54) is 6.07 Å². The van der Waals surface area contributed by atoms with Crippen LogP contribution in [0.3, 0.4) is 0 Å². The van der Waals surface area contributed by atoms with Gasteiger partial charge in [-0.25, -0.2) is 9.97 Å². The van der Waals surface area contributed by atoms with Gasteiger partial charge in [-0.1, -0.05) is 18.6 Å². The summed E-state index contributed by atoms with van der Waals surface area (Å²) in [5.74, 6) is -0.819. The first-order chi connectivity index (χ1) is 12.4. The Balaban J connectivity index is 1.67. The molecule has 0 spiro atoms. The molecule has 1 aromatic carbocycles. The van der Waals surface area contributed by atoms with Crippen molar-refractivity contribution in [1.82, 2.24) is 14.9 Å². The predicted molar refractivity (Wildman–Crippen MR) is 92.7 cm³/mol. The van der Waals surface area contributed by atoms with Crippen molar-refractivity contribution in [2.45, 2.75) is 38.3 Å². The van der Waals surface area contributed by atoms with Crippen LogP contribution in [0.2, 0.25) is 0 Å². The van der Waals surface area contributed by atoms with Gasteiger partial charge in [0.05, 0.1) is 5.52 Å². The highest BCUT2D eigenvalue weighted by molar-refractivity contribution is 5.89. The van der Waals surface area contributed by atoms with Gasteiger partial charge in [-0.2, -0.15) is 13.2 Å². The van der Waals surface area contributed by atoms with Crippen molar-refractivity contribution in [2.24, 2.45) is 0 Å². The largest absolute Gasteiger partial charge is 0.451 e. The number of nitrogens with one attached hydrogen (secondary N) is 1. The van der Waals surface area contributed by atoms with Crippen molar-refractivity contribution < 1.29 is 18.0 Å². The van der Waals surface area contributed by atoms with E-state index in [2.05, 4.69) is 15.3 Å². The molecule has 0 saturated carbocycles. The van der Waals surface area contributed by atoms with Crippen LogP contribution in [0.15, 0.2) is 24.3 Å². The van der Waals surface area contributed by atoms with Crippen molar-refractivity contribution >= 4 is 22.6 Å². The monoisotopic (exact) mass is 366 g/mol. The molecule has 1 amide bonds. The fourth-order valence-electron chi connectivity index (χ4n) is 3.09. The van der Waals surface area contributed by atoms with Gasteiger partial charge in [0.25, 0.3) is 0 Å². The van der Waals surface area contributed by atoms with Crippen molar-refractivity contribution in [2.75, 3.05) is 25.0 Å². The molecule has 0 unspecified atom stereocenters. The van der Waals surface area contributed by atoms with Gasteiger partial charge in [0, 0.05) is 31.4 Å². The zero-order valence-electron chi connectivity index (χ0n) is 14.4. The smallest absolute Gasteiger partial charge is 0.369 e. The van der Waals surface area contributed by atoms with Crippen LogP contribution in [0, 0.1) is 0 Å². The van der Waals surface area contributed by atoms with E-state index in [1.54, 1.807) is 18.2 Å². The lowest BCUT2D eigenvalue weighted by Crippen LogP contribution is -2.32. The number of carbonyl (C=O) groups excluding carboxylic acids is 1. The molecule has 0 aliphatic carbocycles. The predicted octanol–water partition coefficient (Wildman–Crippen LogP) is 3.85. The molecular formula is C18H21F3N4O. The lowest BCUT2D eigenvalue weighted by atomic mass is 10.2. The summed E-state index contributed by atoms with van der Waals surface area (Å²) in [6, 6.07) is 6.60. The Labute approximate surface area is 149 Å². The van der Waals surface area contributed by atoms with Gasteiger partial charge >= 0.3 is 6.18 Å². The third-order valence-corrected chi connectivity index (χ3v) is 4.43. The standard InChI is InChI=1S/C18H21F3N4O/c19-18(20,21)17-23-14-8-4-3-7-13(14)16(24-17)22-10-6-12-25-11-5-1-2-9-15(25)26/h3-4,7-8H,1-2,5-6,9-12H2,(H,22,23,24). The fraction of sp³-hybridized carbons (Fsp3) is 0.500. The fourth-order valence-corrected chi connectivity index (χ4v) is 3.09. The van der Waals surface area contributed by atoms with E-state index in [4.69, 9.17) is 0 Å². The number of benzene rings is 1. The van der Waals surface area contributed by atoms with Crippen molar-refractivity contribution in [3.8, 4) is 0 Å². The molecule has 1 saturated heterocycles. The maximum Gasteiger partial charge on any atom is 0.451 e. The van der Waals surface area contributed by atoms with Gasteiger partial charge in [0.1, 0.15) is 5.82 Å². The molecule has 3 rings (SSSR count). The second-order valence-corrected chi connectivity index (χ2v) is 6.38.